The Balaban J connectivity index is 1.99. The van der Waals surface area contributed by atoms with Gasteiger partial charge >= 0.3 is 11.9 Å². The fourth-order valence-corrected chi connectivity index (χ4v) is 3.67. The molecule has 0 atom stereocenters. The van der Waals surface area contributed by atoms with Crippen LogP contribution in [0.1, 0.15) is 103 Å². The molecule has 0 heterocycles. The first-order valence-electron chi connectivity index (χ1n) is 13.2. The molecule has 5 nitrogen and oxygen atoms in total. The van der Waals surface area contributed by atoms with Gasteiger partial charge in [-0.1, -0.05) is 84.0 Å². The minimum Gasteiger partial charge on any atom is -0.463 e. The quantitative estimate of drug-likeness (QED) is 0.0401. The molecule has 0 radical (unpaired) electrons. The summed E-state index contributed by atoms with van der Waals surface area (Å²) in [6, 6.07) is 0. The van der Waals surface area contributed by atoms with Gasteiger partial charge in [0.25, 0.3) is 0 Å². The van der Waals surface area contributed by atoms with Gasteiger partial charge in [-0.2, -0.15) is 8.78 Å². The third-order valence-electron chi connectivity index (χ3n) is 5.81. The lowest BCUT2D eigenvalue weighted by Crippen LogP contribution is -2.16. The normalized spacial score (nSPS) is 11.1. The summed E-state index contributed by atoms with van der Waals surface area (Å²) >= 11 is 0. The van der Waals surface area contributed by atoms with Crippen molar-refractivity contribution in [3.63, 3.8) is 0 Å². The van der Waals surface area contributed by atoms with Crippen molar-refractivity contribution in [1.82, 2.24) is 0 Å². The molecule has 1 rings (SSSR count). The SMILES string of the molecule is CCCCCCCCCCCCCCCC(=O)OCCOCCC(=O)Oc1c(F)c(F)c(F)c(F)c1F. The Morgan fingerprint density at radius 2 is 1.00 bits per heavy atom. The van der Waals surface area contributed by atoms with Crippen molar-refractivity contribution in [3.8, 4) is 5.75 Å². The molecule has 0 amide bonds. The molecule has 0 aromatic heterocycles. The lowest BCUT2D eigenvalue weighted by Gasteiger charge is -2.09. The maximum absolute atomic E-state index is 13.5. The van der Waals surface area contributed by atoms with Crippen molar-refractivity contribution >= 4 is 11.9 Å². The molecule has 0 aliphatic rings. The first-order valence-corrected chi connectivity index (χ1v) is 13.2. The molecule has 37 heavy (non-hydrogen) atoms. The molecule has 0 fully saturated rings. The third kappa shape index (κ3) is 13.8. The number of hydrogen-bond donors (Lipinski definition) is 0. The Bertz CT molecular complexity index is 790. The van der Waals surface area contributed by atoms with Gasteiger partial charge in [-0.3, -0.25) is 9.59 Å². The Labute approximate surface area is 216 Å². The van der Waals surface area contributed by atoms with Crippen molar-refractivity contribution in [1.29, 1.82) is 0 Å². The van der Waals surface area contributed by atoms with E-state index in [0.29, 0.717) is 6.42 Å². The van der Waals surface area contributed by atoms with E-state index in [9.17, 15) is 31.5 Å². The number of carbonyl (C=O) groups is 2. The Morgan fingerprint density at radius 1 is 0.541 bits per heavy atom. The summed E-state index contributed by atoms with van der Waals surface area (Å²) in [4.78, 5) is 23.3. The Morgan fingerprint density at radius 3 is 1.51 bits per heavy atom. The van der Waals surface area contributed by atoms with Crippen LogP contribution >= 0.6 is 0 Å². The molecule has 0 bridgehead atoms. The highest BCUT2D eigenvalue weighted by Crippen LogP contribution is 2.29. The summed E-state index contributed by atoms with van der Waals surface area (Å²) in [5.41, 5.74) is 0. The summed E-state index contributed by atoms with van der Waals surface area (Å²) in [6.45, 7) is 1.90. The zero-order valence-electron chi connectivity index (χ0n) is 21.7. The standard InChI is InChI=1S/C27H39F5O5/c1-2-3-4-5-6-7-8-9-10-11-12-13-14-15-20(33)36-19-18-35-17-16-21(34)37-27-25(31)23(29)22(28)24(30)26(27)32/h2-19H2,1H3. The van der Waals surface area contributed by atoms with Gasteiger partial charge in [0.1, 0.15) is 6.61 Å². The second-order valence-corrected chi connectivity index (χ2v) is 8.95. The van der Waals surface area contributed by atoms with Crippen LogP contribution in [0.3, 0.4) is 0 Å². The first-order chi connectivity index (χ1) is 17.8. The number of benzene rings is 1. The second kappa shape index (κ2) is 19.8. The molecule has 0 spiro atoms. The minimum atomic E-state index is -2.35. The molecule has 212 valence electrons. The number of hydrogen-bond acceptors (Lipinski definition) is 5. The van der Waals surface area contributed by atoms with Gasteiger partial charge in [0.15, 0.2) is 0 Å². The van der Waals surface area contributed by atoms with E-state index in [1.807, 2.05) is 0 Å². The predicted molar refractivity (Wildman–Crippen MR) is 129 cm³/mol. The van der Waals surface area contributed by atoms with Crippen LogP contribution in [0.25, 0.3) is 0 Å². The molecule has 0 saturated carbocycles. The topological polar surface area (TPSA) is 61.8 Å². The van der Waals surface area contributed by atoms with Gasteiger partial charge in [0, 0.05) is 6.42 Å². The molecule has 1 aromatic rings. The zero-order chi connectivity index (χ0) is 27.5. The van der Waals surface area contributed by atoms with Crippen molar-refractivity contribution in [3.05, 3.63) is 29.1 Å². The van der Waals surface area contributed by atoms with Crippen molar-refractivity contribution in [2.75, 3.05) is 19.8 Å². The molecule has 0 aliphatic carbocycles. The highest BCUT2D eigenvalue weighted by Gasteiger charge is 2.28. The van der Waals surface area contributed by atoms with E-state index in [1.165, 1.54) is 64.2 Å². The van der Waals surface area contributed by atoms with Gasteiger partial charge in [-0.25, -0.2) is 13.2 Å². The van der Waals surface area contributed by atoms with E-state index in [4.69, 9.17) is 9.47 Å². The molecule has 0 unspecified atom stereocenters. The summed E-state index contributed by atoms with van der Waals surface area (Å²) in [5, 5.41) is 0. The van der Waals surface area contributed by atoms with Crippen molar-refractivity contribution < 1.29 is 45.8 Å². The van der Waals surface area contributed by atoms with E-state index >= 15 is 0 Å². The van der Waals surface area contributed by atoms with Crippen molar-refractivity contribution in [2.24, 2.45) is 0 Å². The Kier molecular flexibility index (Phi) is 17.6. The van der Waals surface area contributed by atoms with Crippen LogP contribution in [0.5, 0.6) is 5.75 Å². The zero-order valence-corrected chi connectivity index (χ0v) is 21.7. The van der Waals surface area contributed by atoms with Gasteiger partial charge in [0.05, 0.1) is 19.6 Å². The molecular weight excluding hydrogens is 499 g/mol. The Hall–Kier alpha value is -2.23. The van der Waals surface area contributed by atoms with Crippen LogP contribution in [0.4, 0.5) is 22.0 Å². The summed E-state index contributed by atoms with van der Waals surface area (Å²) in [6.07, 6.45) is 15.6. The van der Waals surface area contributed by atoms with E-state index in [0.717, 1.165) is 19.3 Å². The van der Waals surface area contributed by atoms with Crippen LogP contribution in [-0.4, -0.2) is 31.8 Å². The smallest absolute Gasteiger partial charge is 0.313 e. The molecule has 1 aromatic carbocycles. The first kappa shape index (κ1) is 32.8. The fourth-order valence-electron chi connectivity index (χ4n) is 3.67. The average Bonchev–Trinajstić information content (AvgIpc) is 2.89. The lowest BCUT2D eigenvalue weighted by atomic mass is 10.0. The molecular formula is C27H39F5O5. The van der Waals surface area contributed by atoms with Gasteiger partial charge < -0.3 is 14.2 Å². The molecule has 0 aliphatic heterocycles. The van der Waals surface area contributed by atoms with Gasteiger partial charge in [0.2, 0.25) is 34.8 Å². The predicted octanol–water partition coefficient (Wildman–Crippen LogP) is 7.72. The van der Waals surface area contributed by atoms with Crippen molar-refractivity contribution in [2.45, 2.75) is 103 Å². The lowest BCUT2D eigenvalue weighted by molar-refractivity contribution is -0.146. The average molecular weight is 539 g/mol. The van der Waals surface area contributed by atoms with Crippen LogP contribution < -0.4 is 4.74 Å². The highest BCUT2D eigenvalue weighted by atomic mass is 19.2. The van der Waals surface area contributed by atoms with E-state index in [-0.39, 0.29) is 25.8 Å². The summed E-state index contributed by atoms with van der Waals surface area (Å²) in [5.74, 6) is -14.5. The van der Waals surface area contributed by atoms with E-state index < -0.39 is 47.2 Å². The van der Waals surface area contributed by atoms with Crippen LogP contribution in [-0.2, 0) is 19.1 Å². The number of carbonyl (C=O) groups excluding carboxylic acids is 2. The van der Waals surface area contributed by atoms with Crippen LogP contribution in [0.15, 0.2) is 0 Å². The number of ether oxygens (including phenoxy) is 3. The largest absolute Gasteiger partial charge is 0.463 e. The maximum atomic E-state index is 13.5. The molecule has 0 saturated heterocycles. The second-order valence-electron chi connectivity index (χ2n) is 8.95. The van der Waals surface area contributed by atoms with Crippen LogP contribution in [0, 0.1) is 29.1 Å². The van der Waals surface area contributed by atoms with Crippen LogP contribution in [0.2, 0.25) is 0 Å². The number of esters is 2. The number of unbranched alkanes of at least 4 members (excludes halogenated alkanes) is 12. The van der Waals surface area contributed by atoms with E-state index in [2.05, 4.69) is 11.7 Å². The number of rotatable bonds is 21. The number of halogens is 5. The molecule has 10 heteroatoms. The highest BCUT2D eigenvalue weighted by molar-refractivity contribution is 5.72. The van der Waals surface area contributed by atoms with Gasteiger partial charge in [-0.15, -0.1) is 0 Å². The fraction of sp³-hybridized carbons (Fsp3) is 0.704. The van der Waals surface area contributed by atoms with Gasteiger partial charge in [-0.05, 0) is 6.42 Å². The monoisotopic (exact) mass is 538 g/mol. The molecule has 0 N–H and O–H groups in total. The minimum absolute atomic E-state index is 0.0276. The maximum Gasteiger partial charge on any atom is 0.313 e. The third-order valence-corrected chi connectivity index (χ3v) is 5.81. The summed E-state index contributed by atoms with van der Waals surface area (Å²) in [7, 11) is 0. The van der Waals surface area contributed by atoms with E-state index in [1.54, 1.807) is 0 Å². The summed E-state index contributed by atoms with van der Waals surface area (Å²) < 4.78 is 80.5.